The molecule has 0 bridgehead atoms. The summed E-state index contributed by atoms with van der Waals surface area (Å²) in [5.41, 5.74) is -2.14. The van der Waals surface area contributed by atoms with Gasteiger partial charge in [-0.15, -0.1) is 11.6 Å². The van der Waals surface area contributed by atoms with Crippen molar-refractivity contribution in [3.63, 3.8) is 0 Å². The predicted molar refractivity (Wildman–Crippen MR) is 80.9 cm³/mol. The van der Waals surface area contributed by atoms with Crippen LogP contribution in [0.15, 0.2) is 12.1 Å². The zero-order valence-electron chi connectivity index (χ0n) is 12.3. The Balaban J connectivity index is 2.23. The fraction of sp³-hybridized carbons (Fsp3) is 0.438. The molecule has 0 spiro atoms. The molecule has 0 saturated heterocycles. The summed E-state index contributed by atoms with van der Waals surface area (Å²) in [5, 5.41) is 4.62. The van der Waals surface area contributed by atoms with Gasteiger partial charge in [0.15, 0.2) is 5.54 Å². The Hall–Kier alpha value is -1.87. The van der Waals surface area contributed by atoms with E-state index in [2.05, 4.69) is 22.5 Å². The lowest BCUT2D eigenvalue weighted by Gasteiger charge is -2.40. The number of halogens is 4. The number of carbonyl (C=O) groups is 1. The smallest absolute Gasteiger partial charge is 0.312 e. The molecule has 1 aliphatic heterocycles. The Morgan fingerprint density at radius 2 is 2.13 bits per heavy atom. The molecule has 0 unspecified atom stereocenters. The fourth-order valence-corrected chi connectivity index (χ4v) is 2.72. The van der Waals surface area contributed by atoms with E-state index in [1.807, 2.05) is 0 Å². The zero-order valence-corrected chi connectivity index (χ0v) is 13.0. The lowest BCUT2D eigenvalue weighted by atomic mass is 9.81. The molecule has 23 heavy (non-hydrogen) atoms. The Morgan fingerprint density at radius 1 is 1.43 bits per heavy atom. The number of rotatable bonds is 2. The van der Waals surface area contributed by atoms with Gasteiger partial charge in [0, 0.05) is 29.7 Å². The number of benzene rings is 1. The molecule has 3 nitrogen and oxygen atoms in total. The van der Waals surface area contributed by atoms with Crippen LogP contribution < -0.4 is 10.6 Å². The van der Waals surface area contributed by atoms with E-state index in [4.69, 9.17) is 11.6 Å². The number of urea groups is 1. The number of amides is 2. The van der Waals surface area contributed by atoms with Crippen molar-refractivity contribution in [1.29, 1.82) is 0 Å². The molecule has 1 heterocycles. The molecular formula is C16H14ClF3N2O. The molecule has 7 heteroatoms. The van der Waals surface area contributed by atoms with Gasteiger partial charge in [0.2, 0.25) is 0 Å². The topological polar surface area (TPSA) is 41.1 Å². The molecule has 2 aliphatic rings. The number of hydrogen-bond donors (Lipinski definition) is 2. The van der Waals surface area contributed by atoms with E-state index in [0.717, 1.165) is 18.9 Å². The maximum Gasteiger partial charge on any atom is 0.320 e. The molecule has 1 fully saturated rings. The minimum atomic E-state index is -3.41. The van der Waals surface area contributed by atoms with Crippen LogP contribution in [0, 0.1) is 23.6 Å². The highest BCUT2D eigenvalue weighted by Gasteiger charge is 2.55. The van der Waals surface area contributed by atoms with Crippen LogP contribution in [-0.4, -0.2) is 12.0 Å². The number of hydrogen-bond acceptors (Lipinski definition) is 1. The fourth-order valence-electron chi connectivity index (χ4n) is 2.52. The molecule has 1 aliphatic carbocycles. The molecule has 0 radical (unpaired) electrons. The van der Waals surface area contributed by atoms with Crippen LogP contribution in [0.5, 0.6) is 0 Å². The molecule has 1 saturated carbocycles. The SMILES string of the molecule is CC(F)(F)[C@@]1(C#CC2CC2)NC(=O)Nc2cc(CCl)c(F)cc21. The Kier molecular flexibility index (Phi) is 3.72. The summed E-state index contributed by atoms with van der Waals surface area (Å²) in [6.07, 6.45) is 1.69. The summed E-state index contributed by atoms with van der Waals surface area (Å²) in [6, 6.07) is 1.44. The first-order chi connectivity index (χ1) is 10.8. The third kappa shape index (κ3) is 2.74. The van der Waals surface area contributed by atoms with Crippen molar-refractivity contribution in [2.24, 2.45) is 5.92 Å². The van der Waals surface area contributed by atoms with Gasteiger partial charge in [-0.1, -0.05) is 11.8 Å². The standard InChI is InChI=1S/C16H14ClF3N2O/c1-15(19,20)16(5-4-9-2-3-9)11-7-12(18)10(8-17)6-13(11)21-14(23)22-16/h6-7,9H,2-3,8H2,1H3,(H2,21,22,23)/t16-/m0/s1. The number of anilines is 1. The van der Waals surface area contributed by atoms with E-state index in [1.54, 1.807) is 0 Å². The van der Waals surface area contributed by atoms with Gasteiger partial charge in [-0.25, -0.2) is 18.0 Å². The second-order valence-electron chi connectivity index (χ2n) is 5.88. The van der Waals surface area contributed by atoms with Gasteiger partial charge in [-0.3, -0.25) is 0 Å². The summed E-state index contributed by atoms with van der Waals surface area (Å²) in [5.74, 6) is 1.08. The van der Waals surface area contributed by atoms with E-state index < -0.39 is 23.3 Å². The van der Waals surface area contributed by atoms with Gasteiger partial charge in [0.05, 0.1) is 5.88 Å². The molecule has 1 aromatic carbocycles. The van der Waals surface area contributed by atoms with Crippen LogP contribution in [0.2, 0.25) is 0 Å². The van der Waals surface area contributed by atoms with Crippen molar-refractivity contribution in [2.45, 2.75) is 37.1 Å². The second kappa shape index (κ2) is 5.34. The highest BCUT2D eigenvalue weighted by atomic mass is 35.5. The van der Waals surface area contributed by atoms with Crippen LogP contribution in [-0.2, 0) is 11.4 Å². The normalized spacial score (nSPS) is 23.3. The van der Waals surface area contributed by atoms with Crippen molar-refractivity contribution in [3.8, 4) is 11.8 Å². The highest BCUT2D eigenvalue weighted by molar-refractivity contribution is 6.17. The first-order valence-electron chi connectivity index (χ1n) is 7.15. The summed E-state index contributed by atoms with van der Waals surface area (Å²) in [7, 11) is 0. The van der Waals surface area contributed by atoms with E-state index in [1.165, 1.54) is 6.07 Å². The van der Waals surface area contributed by atoms with Gasteiger partial charge in [-0.2, -0.15) is 0 Å². The first-order valence-corrected chi connectivity index (χ1v) is 7.69. The van der Waals surface area contributed by atoms with Crippen molar-refractivity contribution >= 4 is 23.3 Å². The minimum absolute atomic E-state index is 0.0522. The lowest BCUT2D eigenvalue weighted by molar-refractivity contribution is -0.0465. The number of nitrogens with one attached hydrogen (secondary N) is 2. The van der Waals surface area contributed by atoms with Crippen LogP contribution in [0.25, 0.3) is 0 Å². The minimum Gasteiger partial charge on any atom is -0.312 e. The Labute approximate surface area is 136 Å². The Bertz CT molecular complexity index is 731. The zero-order chi connectivity index (χ0) is 16.8. The van der Waals surface area contributed by atoms with E-state index in [9.17, 15) is 18.0 Å². The molecule has 2 amide bonds. The molecule has 2 N–H and O–H groups in total. The average Bonchev–Trinajstić information content (AvgIpc) is 3.27. The molecule has 122 valence electrons. The molecular weight excluding hydrogens is 329 g/mol. The van der Waals surface area contributed by atoms with Gasteiger partial charge in [0.25, 0.3) is 5.92 Å². The third-order valence-corrected chi connectivity index (χ3v) is 4.27. The summed E-state index contributed by atoms with van der Waals surface area (Å²) in [4.78, 5) is 11.9. The monoisotopic (exact) mass is 342 g/mol. The molecule has 0 aromatic heterocycles. The highest BCUT2D eigenvalue weighted by Crippen LogP contribution is 2.44. The number of alkyl halides is 3. The van der Waals surface area contributed by atoms with Crippen molar-refractivity contribution in [2.75, 3.05) is 5.32 Å². The molecule has 3 rings (SSSR count). The van der Waals surface area contributed by atoms with Gasteiger partial charge in [0.1, 0.15) is 5.82 Å². The van der Waals surface area contributed by atoms with E-state index >= 15 is 0 Å². The predicted octanol–water partition coefficient (Wildman–Crippen LogP) is 3.96. The van der Waals surface area contributed by atoms with Crippen LogP contribution in [0.4, 0.5) is 23.7 Å². The molecule has 1 aromatic rings. The maximum absolute atomic E-state index is 14.4. The van der Waals surface area contributed by atoms with Crippen molar-refractivity contribution in [1.82, 2.24) is 5.32 Å². The quantitative estimate of drug-likeness (QED) is 0.620. The van der Waals surface area contributed by atoms with Crippen LogP contribution >= 0.6 is 11.6 Å². The van der Waals surface area contributed by atoms with Crippen molar-refractivity contribution < 1.29 is 18.0 Å². The molecule has 1 atom stereocenters. The number of fused-ring (bicyclic) bond motifs is 1. The van der Waals surface area contributed by atoms with E-state index in [-0.39, 0.29) is 28.6 Å². The maximum atomic E-state index is 14.4. The summed E-state index contributed by atoms with van der Waals surface area (Å²) < 4.78 is 42.9. The lowest BCUT2D eigenvalue weighted by Crippen LogP contribution is -2.59. The average molecular weight is 343 g/mol. The van der Waals surface area contributed by atoms with Crippen molar-refractivity contribution in [3.05, 3.63) is 29.1 Å². The van der Waals surface area contributed by atoms with Gasteiger partial charge in [-0.05, 0) is 25.0 Å². The number of carbonyl (C=O) groups excluding carboxylic acids is 1. The third-order valence-electron chi connectivity index (χ3n) is 3.98. The van der Waals surface area contributed by atoms with Gasteiger partial charge >= 0.3 is 6.03 Å². The van der Waals surface area contributed by atoms with Crippen LogP contribution in [0.3, 0.4) is 0 Å². The largest absolute Gasteiger partial charge is 0.320 e. The van der Waals surface area contributed by atoms with Gasteiger partial charge < -0.3 is 10.6 Å². The first kappa shape index (κ1) is 16.0. The van der Waals surface area contributed by atoms with Crippen LogP contribution in [0.1, 0.15) is 30.9 Å². The summed E-state index contributed by atoms with van der Waals surface area (Å²) in [6.45, 7) is 0.664. The van der Waals surface area contributed by atoms with E-state index in [0.29, 0.717) is 6.92 Å². The second-order valence-corrected chi connectivity index (χ2v) is 6.15. The summed E-state index contributed by atoms with van der Waals surface area (Å²) >= 11 is 5.64. The Morgan fingerprint density at radius 3 is 2.70 bits per heavy atom.